The van der Waals surface area contributed by atoms with Crippen LogP contribution in [0.15, 0.2) is 48.5 Å². The highest BCUT2D eigenvalue weighted by atomic mass is 19.4. The number of hydrogen-bond donors (Lipinski definition) is 2. The van der Waals surface area contributed by atoms with Crippen molar-refractivity contribution in [1.29, 1.82) is 0 Å². The number of carbonyl (C=O) groups excluding carboxylic acids is 2. The molecule has 0 aliphatic rings. The molecule has 1 amide bonds. The molecule has 2 aromatic carbocycles. The number of alkyl halides is 3. The van der Waals surface area contributed by atoms with Crippen molar-refractivity contribution >= 4 is 17.6 Å². The number of benzene rings is 2. The number of ether oxygens (including phenoxy) is 2. The van der Waals surface area contributed by atoms with E-state index >= 15 is 0 Å². The van der Waals surface area contributed by atoms with Crippen LogP contribution in [0.1, 0.15) is 17.3 Å². The summed E-state index contributed by atoms with van der Waals surface area (Å²) < 4.78 is 64.7. The highest BCUT2D eigenvalue weighted by Crippen LogP contribution is 2.33. The molecule has 0 spiro atoms. The van der Waals surface area contributed by atoms with Gasteiger partial charge in [0.05, 0.1) is 13.7 Å². The van der Waals surface area contributed by atoms with Crippen molar-refractivity contribution in [3.05, 3.63) is 59.9 Å². The fourth-order valence-electron chi connectivity index (χ4n) is 2.36. The van der Waals surface area contributed by atoms with Crippen LogP contribution in [-0.4, -0.2) is 37.4 Å². The average molecular weight is 414 g/mol. The van der Waals surface area contributed by atoms with Gasteiger partial charge in [-0.2, -0.15) is 13.2 Å². The third kappa shape index (κ3) is 4.95. The van der Waals surface area contributed by atoms with Crippen LogP contribution in [0.25, 0.3) is 0 Å². The third-order valence-corrected chi connectivity index (χ3v) is 3.84. The van der Waals surface area contributed by atoms with Gasteiger partial charge in [0, 0.05) is 11.3 Å². The molecule has 1 atom stereocenters. The van der Waals surface area contributed by atoms with Gasteiger partial charge in [-0.3, -0.25) is 4.79 Å². The van der Waals surface area contributed by atoms with E-state index in [0.717, 1.165) is 24.3 Å². The molecule has 29 heavy (non-hydrogen) atoms. The zero-order valence-corrected chi connectivity index (χ0v) is 15.5. The second kappa shape index (κ2) is 8.80. The predicted molar refractivity (Wildman–Crippen MR) is 95.9 cm³/mol. The number of carbonyl (C=O) groups is 2. The van der Waals surface area contributed by atoms with Crippen LogP contribution < -0.4 is 15.4 Å². The second-order valence-electron chi connectivity index (χ2n) is 5.78. The van der Waals surface area contributed by atoms with E-state index in [0.29, 0.717) is 5.75 Å². The molecular formula is C19H18F4N2O4. The Balaban J connectivity index is 2.46. The first-order valence-corrected chi connectivity index (χ1v) is 8.37. The Labute approximate surface area is 163 Å². The number of amides is 1. The number of halogens is 4. The zero-order valence-electron chi connectivity index (χ0n) is 15.5. The number of rotatable bonds is 7. The van der Waals surface area contributed by atoms with Crippen molar-refractivity contribution in [3.8, 4) is 5.75 Å². The molecule has 0 aromatic heterocycles. The molecule has 0 aliphatic carbocycles. The van der Waals surface area contributed by atoms with Crippen molar-refractivity contribution in [1.82, 2.24) is 5.32 Å². The molecule has 0 aliphatic heterocycles. The summed E-state index contributed by atoms with van der Waals surface area (Å²) in [6, 6.07) is 9.02. The summed E-state index contributed by atoms with van der Waals surface area (Å²) in [7, 11) is 1.39. The molecular weight excluding hydrogens is 396 g/mol. The van der Waals surface area contributed by atoms with E-state index in [1.165, 1.54) is 38.3 Å². The third-order valence-electron chi connectivity index (χ3n) is 3.84. The Hall–Kier alpha value is -3.30. The summed E-state index contributed by atoms with van der Waals surface area (Å²) in [5.41, 5.74) is -4.01. The van der Waals surface area contributed by atoms with Gasteiger partial charge in [-0.1, -0.05) is 0 Å². The Bertz CT molecular complexity index is 854. The number of methoxy groups -OCH3 is 1. The van der Waals surface area contributed by atoms with Crippen molar-refractivity contribution < 1.29 is 36.6 Å². The minimum Gasteiger partial charge on any atom is -0.497 e. The molecule has 0 saturated carbocycles. The highest BCUT2D eigenvalue weighted by molar-refractivity contribution is 5.99. The van der Waals surface area contributed by atoms with Gasteiger partial charge in [0.15, 0.2) is 0 Å². The van der Waals surface area contributed by atoms with Gasteiger partial charge >= 0.3 is 17.8 Å². The predicted octanol–water partition coefficient (Wildman–Crippen LogP) is 3.50. The van der Waals surface area contributed by atoms with Gasteiger partial charge in [-0.15, -0.1) is 0 Å². The van der Waals surface area contributed by atoms with E-state index in [9.17, 15) is 27.2 Å². The quantitative estimate of drug-likeness (QED) is 0.412. The average Bonchev–Trinajstić information content (AvgIpc) is 2.68. The van der Waals surface area contributed by atoms with Crippen LogP contribution in [-0.2, 0) is 9.53 Å². The van der Waals surface area contributed by atoms with Crippen LogP contribution in [0.5, 0.6) is 5.75 Å². The fourth-order valence-corrected chi connectivity index (χ4v) is 2.36. The Kier molecular flexibility index (Phi) is 6.68. The van der Waals surface area contributed by atoms with E-state index in [4.69, 9.17) is 4.74 Å². The lowest BCUT2D eigenvalue weighted by molar-refractivity contribution is -0.204. The number of anilines is 1. The summed E-state index contributed by atoms with van der Waals surface area (Å²) in [4.78, 5) is 24.8. The molecule has 0 saturated heterocycles. The summed E-state index contributed by atoms with van der Waals surface area (Å²) in [5, 5.41) is 3.63. The van der Waals surface area contributed by atoms with E-state index in [1.807, 2.05) is 5.32 Å². The molecule has 0 bridgehead atoms. The van der Waals surface area contributed by atoms with Gasteiger partial charge in [0.2, 0.25) is 0 Å². The summed E-state index contributed by atoms with van der Waals surface area (Å²) in [6.45, 7) is 0.961. The first-order chi connectivity index (χ1) is 13.6. The lowest BCUT2D eigenvalue weighted by Gasteiger charge is -2.35. The van der Waals surface area contributed by atoms with E-state index < -0.39 is 29.5 Å². The summed E-state index contributed by atoms with van der Waals surface area (Å²) >= 11 is 0. The maximum Gasteiger partial charge on any atom is 0.441 e. The number of esters is 1. The van der Waals surface area contributed by atoms with Crippen molar-refractivity contribution in [2.45, 2.75) is 18.8 Å². The van der Waals surface area contributed by atoms with E-state index in [2.05, 4.69) is 4.74 Å². The van der Waals surface area contributed by atoms with Gasteiger partial charge in [-0.25, -0.2) is 9.18 Å². The van der Waals surface area contributed by atoms with Gasteiger partial charge in [-0.05, 0) is 55.5 Å². The van der Waals surface area contributed by atoms with Crippen LogP contribution >= 0.6 is 0 Å². The fraction of sp³-hybridized carbons (Fsp3) is 0.263. The summed E-state index contributed by atoms with van der Waals surface area (Å²) in [5.74, 6) is -3.25. The molecule has 2 aromatic rings. The van der Waals surface area contributed by atoms with E-state index in [1.54, 1.807) is 5.32 Å². The molecule has 0 heterocycles. The molecule has 0 fully saturated rings. The minimum absolute atomic E-state index is 0.148. The minimum atomic E-state index is -5.30. The smallest absolute Gasteiger partial charge is 0.441 e. The molecule has 2 N–H and O–H groups in total. The normalized spacial score (nSPS) is 13.2. The van der Waals surface area contributed by atoms with Gasteiger partial charge in [0.1, 0.15) is 11.6 Å². The highest BCUT2D eigenvalue weighted by Gasteiger charge is 2.63. The van der Waals surface area contributed by atoms with Gasteiger partial charge in [0.25, 0.3) is 5.91 Å². The largest absolute Gasteiger partial charge is 0.497 e. The van der Waals surface area contributed by atoms with Crippen molar-refractivity contribution in [2.75, 3.05) is 19.0 Å². The Morgan fingerprint density at radius 3 is 2.07 bits per heavy atom. The van der Waals surface area contributed by atoms with Crippen molar-refractivity contribution in [2.24, 2.45) is 0 Å². The van der Waals surface area contributed by atoms with Crippen LogP contribution in [0.4, 0.5) is 23.2 Å². The SMILES string of the molecule is CCOC(=O)[C@@](NC(=O)c1ccc(OC)cc1)(Nc1ccc(F)cc1)C(F)(F)F. The Morgan fingerprint density at radius 2 is 1.59 bits per heavy atom. The van der Waals surface area contributed by atoms with Crippen LogP contribution in [0.2, 0.25) is 0 Å². The maximum absolute atomic E-state index is 14.0. The Morgan fingerprint density at radius 1 is 1.00 bits per heavy atom. The zero-order chi connectivity index (χ0) is 21.7. The lowest BCUT2D eigenvalue weighted by Crippen LogP contribution is -2.69. The number of hydrogen-bond acceptors (Lipinski definition) is 5. The van der Waals surface area contributed by atoms with Crippen LogP contribution in [0, 0.1) is 5.82 Å². The molecule has 0 unspecified atom stereocenters. The standard InChI is InChI=1S/C19H18F4N2O4/c1-3-29-17(27)18(19(21,22)23,24-14-8-6-13(20)7-9-14)25-16(26)12-4-10-15(28-2)11-5-12/h4-11,24H,3H2,1-2H3,(H,25,26)/t18-/m0/s1. The molecule has 10 heteroatoms. The van der Waals surface area contributed by atoms with Gasteiger partial charge < -0.3 is 20.1 Å². The molecule has 0 radical (unpaired) electrons. The maximum atomic E-state index is 14.0. The van der Waals surface area contributed by atoms with Crippen molar-refractivity contribution in [3.63, 3.8) is 0 Å². The monoisotopic (exact) mass is 414 g/mol. The first-order valence-electron chi connectivity index (χ1n) is 8.37. The molecule has 2 rings (SSSR count). The van der Waals surface area contributed by atoms with Crippen LogP contribution in [0.3, 0.4) is 0 Å². The first kappa shape index (κ1) is 22.0. The number of nitrogens with one attached hydrogen (secondary N) is 2. The lowest BCUT2D eigenvalue weighted by atomic mass is 10.1. The summed E-state index contributed by atoms with van der Waals surface area (Å²) in [6.07, 6.45) is -5.30. The molecule has 156 valence electrons. The van der Waals surface area contributed by atoms with E-state index in [-0.39, 0.29) is 17.9 Å². The second-order valence-corrected chi connectivity index (χ2v) is 5.78. The topological polar surface area (TPSA) is 76.7 Å². The molecule has 6 nitrogen and oxygen atoms in total.